The Morgan fingerprint density at radius 1 is 1.69 bits per heavy atom. The van der Waals surface area contributed by atoms with Crippen LogP contribution < -0.4 is 5.73 Å². The second-order valence-electron chi connectivity index (χ2n) is 3.43. The van der Waals surface area contributed by atoms with Crippen LogP contribution in [-0.4, -0.2) is 19.8 Å². The number of nitrogens with zero attached hydrogens (tertiary/aromatic N) is 3. The molecular formula is C8H12N4S. The zero-order chi connectivity index (χ0) is 9.26. The molecule has 1 aromatic heterocycles. The first-order valence-electron chi connectivity index (χ1n) is 4.45. The Morgan fingerprint density at radius 3 is 3.00 bits per heavy atom. The van der Waals surface area contributed by atoms with Gasteiger partial charge in [0.1, 0.15) is 11.3 Å². The smallest absolute Gasteiger partial charge is 0.208 e. The number of aromatic nitrogens is 3. The molecule has 0 aromatic carbocycles. The van der Waals surface area contributed by atoms with E-state index in [2.05, 4.69) is 10.1 Å². The molecule has 2 N–H and O–H groups in total. The summed E-state index contributed by atoms with van der Waals surface area (Å²) >= 11 is 4.76. The Labute approximate surface area is 82.1 Å². The molecule has 0 unspecified atom stereocenters. The molecule has 0 saturated heterocycles. The van der Waals surface area contributed by atoms with Gasteiger partial charge in [0, 0.05) is 6.54 Å². The summed E-state index contributed by atoms with van der Waals surface area (Å²) in [5, 5.41) is 4.15. The highest BCUT2D eigenvalue weighted by atomic mass is 32.1. The highest BCUT2D eigenvalue weighted by molar-refractivity contribution is 7.80. The summed E-state index contributed by atoms with van der Waals surface area (Å²) < 4.78 is 1.81. The van der Waals surface area contributed by atoms with Gasteiger partial charge in [0.25, 0.3) is 0 Å². The van der Waals surface area contributed by atoms with Crippen LogP contribution >= 0.6 is 12.2 Å². The molecule has 1 aliphatic rings. The summed E-state index contributed by atoms with van der Waals surface area (Å²) in [6.07, 6.45) is 5.63. The summed E-state index contributed by atoms with van der Waals surface area (Å²) in [5.74, 6) is 1.39. The van der Waals surface area contributed by atoms with Crippen molar-refractivity contribution in [3.05, 3.63) is 12.2 Å². The quantitative estimate of drug-likeness (QED) is 0.721. The van der Waals surface area contributed by atoms with E-state index >= 15 is 0 Å². The molecule has 1 saturated carbocycles. The molecule has 1 aliphatic carbocycles. The Hall–Kier alpha value is -0.970. The van der Waals surface area contributed by atoms with Gasteiger partial charge >= 0.3 is 0 Å². The molecule has 1 aromatic rings. The molecule has 0 radical (unpaired) electrons. The largest absolute Gasteiger partial charge is 0.387 e. The lowest BCUT2D eigenvalue weighted by Gasteiger charge is -1.97. The minimum Gasteiger partial charge on any atom is -0.387 e. The molecule has 1 heterocycles. The Kier molecular flexibility index (Phi) is 2.26. The summed E-state index contributed by atoms with van der Waals surface area (Å²) in [5.41, 5.74) is 5.39. The topological polar surface area (TPSA) is 56.7 Å². The second kappa shape index (κ2) is 3.41. The molecule has 1 fully saturated rings. The third-order valence-corrected chi connectivity index (χ3v) is 2.40. The minimum absolute atomic E-state index is 0.269. The molecule has 5 heteroatoms. The van der Waals surface area contributed by atoms with Gasteiger partial charge in [-0.05, 0) is 12.3 Å². The summed E-state index contributed by atoms with van der Waals surface area (Å²) in [6, 6.07) is 0. The molecule has 13 heavy (non-hydrogen) atoms. The first-order valence-corrected chi connectivity index (χ1v) is 4.86. The van der Waals surface area contributed by atoms with Crippen molar-refractivity contribution >= 4 is 17.2 Å². The van der Waals surface area contributed by atoms with Gasteiger partial charge in [-0.2, -0.15) is 0 Å². The van der Waals surface area contributed by atoms with Crippen LogP contribution in [-0.2, 0) is 6.54 Å². The highest BCUT2D eigenvalue weighted by Gasteiger charge is 2.20. The van der Waals surface area contributed by atoms with Gasteiger partial charge in [0.05, 0.1) is 0 Å². The van der Waals surface area contributed by atoms with E-state index < -0.39 is 0 Å². The number of hydrogen-bond acceptors (Lipinski definition) is 3. The monoisotopic (exact) mass is 196 g/mol. The van der Waals surface area contributed by atoms with Crippen LogP contribution in [0, 0.1) is 5.92 Å². The van der Waals surface area contributed by atoms with Crippen molar-refractivity contribution in [1.29, 1.82) is 0 Å². The second-order valence-corrected chi connectivity index (χ2v) is 3.87. The van der Waals surface area contributed by atoms with E-state index in [0.717, 1.165) is 12.5 Å². The number of thiocarbonyl (C=S) groups is 1. The van der Waals surface area contributed by atoms with E-state index in [9.17, 15) is 0 Å². The molecule has 0 atom stereocenters. The first-order chi connectivity index (χ1) is 6.25. The maximum Gasteiger partial charge on any atom is 0.208 e. The van der Waals surface area contributed by atoms with Crippen LogP contribution in [0.15, 0.2) is 6.33 Å². The van der Waals surface area contributed by atoms with E-state index in [-0.39, 0.29) is 4.99 Å². The van der Waals surface area contributed by atoms with E-state index in [1.807, 2.05) is 4.68 Å². The molecule has 4 nitrogen and oxygen atoms in total. The average molecular weight is 196 g/mol. The summed E-state index contributed by atoms with van der Waals surface area (Å²) in [7, 11) is 0. The van der Waals surface area contributed by atoms with E-state index in [0.29, 0.717) is 5.82 Å². The first kappa shape index (κ1) is 8.62. The number of nitrogens with two attached hydrogens (primary N) is 1. The Bertz CT molecular complexity index is 316. The average Bonchev–Trinajstić information content (AvgIpc) is 2.79. The van der Waals surface area contributed by atoms with E-state index in [1.165, 1.54) is 19.3 Å². The maximum absolute atomic E-state index is 5.39. The van der Waals surface area contributed by atoms with Gasteiger partial charge < -0.3 is 5.73 Å². The van der Waals surface area contributed by atoms with E-state index in [4.69, 9.17) is 18.0 Å². The highest BCUT2D eigenvalue weighted by Crippen LogP contribution is 2.32. The maximum atomic E-state index is 5.39. The van der Waals surface area contributed by atoms with Crippen molar-refractivity contribution in [3.63, 3.8) is 0 Å². The molecule has 0 spiro atoms. The van der Waals surface area contributed by atoms with Crippen LogP contribution in [0.25, 0.3) is 0 Å². The van der Waals surface area contributed by atoms with Crippen molar-refractivity contribution in [3.8, 4) is 0 Å². The zero-order valence-electron chi connectivity index (χ0n) is 7.31. The number of rotatable bonds is 4. The van der Waals surface area contributed by atoms with Gasteiger partial charge in [-0.1, -0.05) is 25.1 Å². The molecule has 0 amide bonds. The van der Waals surface area contributed by atoms with Crippen molar-refractivity contribution in [1.82, 2.24) is 14.8 Å². The van der Waals surface area contributed by atoms with Crippen LogP contribution in [0.5, 0.6) is 0 Å². The normalized spacial score (nSPS) is 16.0. The molecule has 70 valence electrons. The predicted octanol–water partition coefficient (Wildman–Crippen LogP) is 0.712. The number of hydrogen-bond donors (Lipinski definition) is 1. The van der Waals surface area contributed by atoms with Crippen molar-refractivity contribution in [2.24, 2.45) is 11.7 Å². The van der Waals surface area contributed by atoms with Crippen LogP contribution in [0.4, 0.5) is 0 Å². The molecule has 0 bridgehead atoms. The SMILES string of the molecule is NC(=S)c1ncn(CCC2CC2)n1. The minimum atomic E-state index is 0.269. The fourth-order valence-corrected chi connectivity index (χ4v) is 1.33. The molecule has 0 aliphatic heterocycles. The predicted molar refractivity (Wildman–Crippen MR) is 53.3 cm³/mol. The van der Waals surface area contributed by atoms with Gasteiger partial charge in [0.2, 0.25) is 5.82 Å². The fraction of sp³-hybridized carbons (Fsp3) is 0.625. The van der Waals surface area contributed by atoms with Crippen LogP contribution in [0.3, 0.4) is 0 Å². The van der Waals surface area contributed by atoms with Crippen molar-refractivity contribution < 1.29 is 0 Å². The van der Waals surface area contributed by atoms with Gasteiger partial charge in [-0.15, -0.1) is 5.10 Å². The van der Waals surface area contributed by atoms with Gasteiger partial charge in [-0.25, -0.2) is 4.98 Å². The number of aryl methyl sites for hydroxylation is 1. The van der Waals surface area contributed by atoms with Crippen LogP contribution in [0.1, 0.15) is 25.1 Å². The lowest BCUT2D eigenvalue weighted by atomic mass is 10.3. The summed E-state index contributed by atoms with van der Waals surface area (Å²) in [4.78, 5) is 4.27. The Balaban J connectivity index is 1.92. The Morgan fingerprint density at radius 2 is 2.46 bits per heavy atom. The molecule has 2 rings (SSSR count). The molecular weight excluding hydrogens is 184 g/mol. The van der Waals surface area contributed by atoms with Crippen LogP contribution in [0.2, 0.25) is 0 Å². The van der Waals surface area contributed by atoms with Gasteiger partial charge in [0.15, 0.2) is 0 Å². The standard InChI is InChI=1S/C8H12N4S/c9-7(13)8-10-5-12(11-8)4-3-6-1-2-6/h5-6H,1-4H2,(H2,9,13). The van der Waals surface area contributed by atoms with Crippen molar-refractivity contribution in [2.75, 3.05) is 0 Å². The lowest BCUT2D eigenvalue weighted by molar-refractivity contribution is 0.545. The van der Waals surface area contributed by atoms with E-state index in [1.54, 1.807) is 6.33 Å². The van der Waals surface area contributed by atoms with Crippen molar-refractivity contribution in [2.45, 2.75) is 25.8 Å². The zero-order valence-corrected chi connectivity index (χ0v) is 8.13. The summed E-state index contributed by atoms with van der Waals surface area (Å²) in [6.45, 7) is 0.931. The third kappa shape index (κ3) is 2.24. The third-order valence-electron chi connectivity index (χ3n) is 2.22. The fourth-order valence-electron chi connectivity index (χ4n) is 1.24. The lowest BCUT2D eigenvalue weighted by Crippen LogP contribution is -2.12. The van der Waals surface area contributed by atoms with Gasteiger partial charge in [-0.3, -0.25) is 4.68 Å².